The molecule has 0 aliphatic carbocycles. The molecular formula is C24H30N4O3. The number of carbonyl (C=O) groups is 2. The highest BCUT2D eigenvalue weighted by atomic mass is 16.6. The second kappa shape index (κ2) is 9.25. The summed E-state index contributed by atoms with van der Waals surface area (Å²) in [5.74, 6) is 2.35. The summed E-state index contributed by atoms with van der Waals surface area (Å²) in [4.78, 5) is 27.7. The molecule has 1 aromatic heterocycles. The minimum Gasteiger partial charge on any atom is -0.444 e. The van der Waals surface area contributed by atoms with Crippen molar-refractivity contribution in [3.8, 4) is 12.3 Å². The molecule has 1 aliphatic rings. The molecule has 0 radical (unpaired) electrons. The van der Waals surface area contributed by atoms with Crippen LogP contribution in [-0.2, 0) is 22.6 Å². The fraction of sp³-hybridized carbons (Fsp3) is 0.458. The van der Waals surface area contributed by atoms with Gasteiger partial charge in [-0.1, -0.05) is 24.3 Å². The smallest absolute Gasteiger partial charge is 0.411 e. The molecule has 0 spiro atoms. The largest absolute Gasteiger partial charge is 0.444 e. The molecule has 0 unspecified atom stereocenters. The van der Waals surface area contributed by atoms with Crippen LogP contribution in [0.1, 0.15) is 51.2 Å². The van der Waals surface area contributed by atoms with Crippen molar-refractivity contribution in [1.29, 1.82) is 0 Å². The van der Waals surface area contributed by atoms with Gasteiger partial charge in [-0.25, -0.2) is 4.79 Å². The van der Waals surface area contributed by atoms with E-state index in [1.165, 1.54) is 4.90 Å². The van der Waals surface area contributed by atoms with Gasteiger partial charge >= 0.3 is 6.09 Å². The van der Waals surface area contributed by atoms with E-state index in [1.807, 2.05) is 41.2 Å². The summed E-state index contributed by atoms with van der Waals surface area (Å²) < 4.78 is 7.38. The maximum absolute atomic E-state index is 13.4. The van der Waals surface area contributed by atoms with Gasteiger partial charge in [-0.2, -0.15) is 5.10 Å². The summed E-state index contributed by atoms with van der Waals surface area (Å²) in [6, 6.07) is 9.77. The highest BCUT2D eigenvalue weighted by Gasteiger charge is 2.50. The predicted molar refractivity (Wildman–Crippen MR) is 118 cm³/mol. The Balaban J connectivity index is 1.76. The zero-order valence-electron chi connectivity index (χ0n) is 18.4. The summed E-state index contributed by atoms with van der Waals surface area (Å²) in [5, 5.41) is 7.27. The number of nitrogens with one attached hydrogen (secondary N) is 1. The molecule has 0 bridgehead atoms. The predicted octanol–water partition coefficient (Wildman–Crippen LogP) is 3.34. The number of aromatic nitrogens is 2. The number of ether oxygens (including phenoxy) is 1. The summed E-state index contributed by atoms with van der Waals surface area (Å²) in [6.45, 7) is 6.81. The molecule has 31 heavy (non-hydrogen) atoms. The first-order chi connectivity index (χ1) is 14.7. The van der Waals surface area contributed by atoms with Gasteiger partial charge in [-0.05, 0) is 50.8 Å². The van der Waals surface area contributed by atoms with E-state index in [0.717, 1.165) is 11.1 Å². The summed E-state index contributed by atoms with van der Waals surface area (Å²) in [6.07, 6.45) is 10.1. The van der Waals surface area contributed by atoms with E-state index in [4.69, 9.17) is 11.2 Å². The molecule has 2 heterocycles. The van der Waals surface area contributed by atoms with Crippen LogP contribution < -0.4 is 5.32 Å². The lowest BCUT2D eigenvalue weighted by Gasteiger charge is -2.36. The third kappa shape index (κ3) is 5.26. The first-order valence-corrected chi connectivity index (χ1v) is 10.5. The van der Waals surface area contributed by atoms with Crippen LogP contribution in [0, 0.1) is 12.3 Å². The van der Waals surface area contributed by atoms with Crippen molar-refractivity contribution in [3.05, 3.63) is 53.9 Å². The van der Waals surface area contributed by atoms with Gasteiger partial charge in [0.15, 0.2) is 0 Å². The molecule has 7 nitrogen and oxygen atoms in total. The Morgan fingerprint density at radius 1 is 1.26 bits per heavy atom. The Bertz CT molecular complexity index is 956. The van der Waals surface area contributed by atoms with Gasteiger partial charge < -0.3 is 10.1 Å². The molecule has 1 saturated heterocycles. The molecule has 1 fully saturated rings. The van der Waals surface area contributed by atoms with Crippen LogP contribution in [0.2, 0.25) is 0 Å². The number of amides is 2. The Labute approximate surface area is 183 Å². The fourth-order valence-electron chi connectivity index (χ4n) is 3.92. The van der Waals surface area contributed by atoms with Crippen LogP contribution in [0.15, 0.2) is 42.7 Å². The summed E-state index contributed by atoms with van der Waals surface area (Å²) in [5.41, 5.74) is 0.314. The Morgan fingerprint density at radius 3 is 2.65 bits per heavy atom. The van der Waals surface area contributed by atoms with Crippen molar-refractivity contribution in [3.63, 3.8) is 0 Å². The molecule has 1 aliphatic heterocycles. The molecule has 1 atom stereocenters. The maximum atomic E-state index is 13.4. The van der Waals surface area contributed by atoms with Crippen molar-refractivity contribution in [2.24, 2.45) is 0 Å². The lowest BCUT2D eigenvalue weighted by atomic mass is 9.91. The Morgan fingerprint density at radius 2 is 2.00 bits per heavy atom. The minimum atomic E-state index is -1.09. The molecule has 2 aromatic rings. The SMILES string of the molecule is C#CC[C@@]1(C(=O)NCc2ccccc2Cn2cccn2)CCCN1C(=O)OC(C)(C)C. The third-order valence-electron chi connectivity index (χ3n) is 5.37. The monoisotopic (exact) mass is 422 g/mol. The van der Waals surface area contributed by atoms with Gasteiger partial charge in [-0.3, -0.25) is 14.4 Å². The Kier molecular flexibility index (Phi) is 6.69. The fourth-order valence-corrected chi connectivity index (χ4v) is 3.92. The molecule has 164 valence electrons. The molecule has 2 amide bonds. The average Bonchev–Trinajstić information content (AvgIpc) is 3.36. The van der Waals surface area contributed by atoms with Gasteiger partial charge in [-0.15, -0.1) is 12.3 Å². The number of hydrogen-bond acceptors (Lipinski definition) is 4. The topological polar surface area (TPSA) is 76.5 Å². The van der Waals surface area contributed by atoms with Crippen LogP contribution in [0.5, 0.6) is 0 Å². The van der Waals surface area contributed by atoms with E-state index in [9.17, 15) is 9.59 Å². The number of benzene rings is 1. The number of rotatable bonds is 6. The lowest BCUT2D eigenvalue weighted by molar-refractivity contribution is -0.131. The second-order valence-corrected chi connectivity index (χ2v) is 8.80. The van der Waals surface area contributed by atoms with Crippen LogP contribution >= 0.6 is 0 Å². The van der Waals surface area contributed by atoms with Gasteiger partial charge in [0, 0.05) is 31.9 Å². The molecule has 0 saturated carbocycles. The van der Waals surface area contributed by atoms with E-state index < -0.39 is 17.2 Å². The average molecular weight is 423 g/mol. The van der Waals surface area contributed by atoms with Crippen LogP contribution in [0.25, 0.3) is 0 Å². The van der Waals surface area contributed by atoms with Gasteiger partial charge in [0.2, 0.25) is 5.91 Å². The summed E-state index contributed by atoms with van der Waals surface area (Å²) >= 11 is 0. The van der Waals surface area contributed by atoms with Crippen molar-refractivity contribution < 1.29 is 14.3 Å². The van der Waals surface area contributed by atoms with Gasteiger partial charge in [0.05, 0.1) is 6.54 Å². The number of terminal acetylenes is 1. The van der Waals surface area contributed by atoms with E-state index in [2.05, 4.69) is 16.3 Å². The molecule has 1 N–H and O–H groups in total. The zero-order valence-corrected chi connectivity index (χ0v) is 18.4. The molecule has 3 rings (SSSR count). The van der Waals surface area contributed by atoms with Crippen molar-refractivity contribution in [2.45, 2.75) is 64.3 Å². The standard InChI is InChI=1S/C24H30N4O3/c1-5-12-24(13-8-16-28(24)22(30)31-23(2,3)4)21(29)25-17-19-10-6-7-11-20(19)18-27-15-9-14-26-27/h1,6-7,9-11,14-15H,8,12-13,16-18H2,2-4H3,(H,25,29)/t24-/m0/s1. The van der Waals surface area contributed by atoms with E-state index in [-0.39, 0.29) is 12.3 Å². The Hall–Kier alpha value is -3.27. The summed E-state index contributed by atoms with van der Waals surface area (Å²) in [7, 11) is 0. The second-order valence-electron chi connectivity index (χ2n) is 8.80. The molecular weight excluding hydrogens is 392 g/mol. The van der Waals surface area contributed by atoms with E-state index in [0.29, 0.717) is 32.5 Å². The van der Waals surface area contributed by atoms with E-state index in [1.54, 1.807) is 27.0 Å². The number of nitrogens with zero attached hydrogens (tertiary/aromatic N) is 3. The number of likely N-dealkylation sites (tertiary alicyclic amines) is 1. The molecule has 7 heteroatoms. The first-order valence-electron chi connectivity index (χ1n) is 10.5. The lowest BCUT2D eigenvalue weighted by Crippen LogP contribution is -2.57. The zero-order chi connectivity index (χ0) is 22.5. The minimum absolute atomic E-state index is 0.146. The van der Waals surface area contributed by atoms with Crippen molar-refractivity contribution in [1.82, 2.24) is 20.0 Å². The molecule has 1 aromatic carbocycles. The van der Waals surface area contributed by atoms with Crippen LogP contribution in [-0.4, -0.2) is 44.4 Å². The van der Waals surface area contributed by atoms with Gasteiger partial charge in [0.1, 0.15) is 11.1 Å². The van der Waals surface area contributed by atoms with Crippen molar-refractivity contribution >= 4 is 12.0 Å². The number of hydrogen-bond donors (Lipinski definition) is 1. The quantitative estimate of drug-likeness (QED) is 0.725. The number of carbonyl (C=O) groups excluding carboxylic acids is 2. The normalized spacial score (nSPS) is 18.5. The first kappa shape index (κ1) is 22.4. The maximum Gasteiger partial charge on any atom is 0.411 e. The van der Waals surface area contributed by atoms with Gasteiger partial charge in [0.25, 0.3) is 0 Å². The van der Waals surface area contributed by atoms with E-state index >= 15 is 0 Å². The van der Waals surface area contributed by atoms with Crippen molar-refractivity contribution in [2.75, 3.05) is 6.54 Å². The highest BCUT2D eigenvalue weighted by Crippen LogP contribution is 2.34. The van der Waals surface area contributed by atoms with Crippen LogP contribution in [0.4, 0.5) is 4.79 Å². The third-order valence-corrected chi connectivity index (χ3v) is 5.37. The highest BCUT2D eigenvalue weighted by molar-refractivity contribution is 5.91. The van der Waals surface area contributed by atoms with Crippen LogP contribution in [0.3, 0.4) is 0 Å².